The predicted molar refractivity (Wildman–Crippen MR) is 140 cm³/mol. The summed E-state index contributed by atoms with van der Waals surface area (Å²) in [6.45, 7) is 6.36. The number of rotatable bonds is 5. The Morgan fingerprint density at radius 3 is 2.80 bits per heavy atom. The van der Waals surface area contributed by atoms with E-state index in [0.717, 1.165) is 41.1 Å². The van der Waals surface area contributed by atoms with Crippen LogP contribution in [0.5, 0.6) is 0 Å². The van der Waals surface area contributed by atoms with Gasteiger partial charge in [-0.05, 0) is 46.1 Å². The molecule has 0 spiro atoms. The third-order valence-corrected chi connectivity index (χ3v) is 6.10. The van der Waals surface area contributed by atoms with Gasteiger partial charge >= 0.3 is 11.9 Å². The number of methoxy groups -OCH3 is 1. The Morgan fingerprint density at radius 2 is 2.00 bits per heavy atom. The summed E-state index contributed by atoms with van der Waals surface area (Å²) < 4.78 is 16.3. The van der Waals surface area contributed by atoms with Crippen LogP contribution in [0.1, 0.15) is 57.2 Å². The van der Waals surface area contributed by atoms with Crippen molar-refractivity contribution in [3.05, 3.63) is 75.8 Å². The lowest BCUT2D eigenvalue weighted by molar-refractivity contribution is -0.148. The molecule has 2 bridgehead atoms. The largest absolute Gasteiger partial charge is 0.462 e. The van der Waals surface area contributed by atoms with Gasteiger partial charge in [0.1, 0.15) is 12.2 Å². The summed E-state index contributed by atoms with van der Waals surface area (Å²) in [6.07, 6.45) is 18.0. The second kappa shape index (κ2) is 16.0. The maximum atomic E-state index is 12.5. The Balaban J connectivity index is 2.19. The minimum atomic E-state index is -0.433. The molecule has 2 atom stereocenters. The topological polar surface area (TPSA) is 74.7 Å². The van der Waals surface area contributed by atoms with Crippen molar-refractivity contribution in [2.75, 3.05) is 13.7 Å². The lowest BCUT2D eigenvalue weighted by Crippen LogP contribution is -2.17. The van der Waals surface area contributed by atoms with Crippen LogP contribution in [-0.4, -0.2) is 42.8 Å². The Labute approximate surface area is 213 Å². The Morgan fingerprint density at radius 1 is 1.20 bits per heavy atom. The smallest absolute Gasteiger partial charge is 0.331 e. The van der Waals surface area contributed by atoms with Crippen LogP contribution in [0, 0.1) is 0 Å². The number of thiazole rings is 1. The van der Waals surface area contributed by atoms with E-state index in [9.17, 15) is 9.59 Å². The molecule has 0 N–H and O–H groups in total. The average molecular weight is 500 g/mol. The first-order valence-corrected chi connectivity index (χ1v) is 12.9. The maximum Gasteiger partial charge on any atom is 0.331 e. The van der Waals surface area contributed by atoms with E-state index in [-0.39, 0.29) is 12.1 Å². The summed E-state index contributed by atoms with van der Waals surface area (Å²) in [5.74, 6) is -0.587. The van der Waals surface area contributed by atoms with Crippen molar-refractivity contribution in [3.63, 3.8) is 0 Å². The van der Waals surface area contributed by atoms with Crippen LogP contribution in [0.4, 0.5) is 0 Å². The van der Waals surface area contributed by atoms with Crippen LogP contribution in [0.15, 0.2) is 65.1 Å². The SMILES string of the molecule is COC/C=C/C=C/C(C)=C/[C@@H]1Cc2nc(cs2)CCCCC(=O)O[C@@H](C)C/C(C)=C/C=C\C(=O)O1. The van der Waals surface area contributed by atoms with Gasteiger partial charge in [0, 0.05) is 37.8 Å². The molecule has 6 nitrogen and oxygen atoms in total. The maximum absolute atomic E-state index is 12.5. The molecular formula is C28H37NO5S. The normalized spacial score (nSPS) is 24.2. The molecule has 0 fully saturated rings. The van der Waals surface area contributed by atoms with E-state index in [1.807, 2.05) is 62.6 Å². The highest BCUT2D eigenvalue weighted by atomic mass is 32.1. The summed E-state index contributed by atoms with van der Waals surface area (Å²) in [6, 6.07) is 0. The van der Waals surface area contributed by atoms with E-state index in [0.29, 0.717) is 25.9 Å². The Kier molecular flexibility index (Phi) is 13.0. The predicted octanol–water partition coefficient (Wildman–Crippen LogP) is 5.85. The van der Waals surface area contributed by atoms with E-state index in [1.165, 1.54) is 6.08 Å². The zero-order chi connectivity index (χ0) is 25.5. The van der Waals surface area contributed by atoms with Gasteiger partial charge in [-0.2, -0.15) is 0 Å². The molecule has 35 heavy (non-hydrogen) atoms. The van der Waals surface area contributed by atoms with Gasteiger partial charge in [0.15, 0.2) is 0 Å². The van der Waals surface area contributed by atoms with Crippen LogP contribution in [0.25, 0.3) is 0 Å². The number of cyclic esters (lactones) is 2. The number of nitrogens with zero attached hydrogens (tertiary/aromatic N) is 1. The van der Waals surface area contributed by atoms with Gasteiger partial charge in [-0.25, -0.2) is 9.78 Å². The molecule has 1 aliphatic rings. The highest BCUT2D eigenvalue weighted by Gasteiger charge is 2.15. The fraction of sp³-hybridized carbons (Fsp3) is 0.464. The molecule has 0 amide bonds. The molecule has 1 aromatic rings. The van der Waals surface area contributed by atoms with Crippen molar-refractivity contribution in [1.82, 2.24) is 4.98 Å². The molecule has 0 radical (unpaired) electrons. The summed E-state index contributed by atoms with van der Waals surface area (Å²) in [7, 11) is 1.65. The zero-order valence-electron chi connectivity index (χ0n) is 21.2. The lowest BCUT2D eigenvalue weighted by atomic mass is 10.1. The number of esters is 2. The fourth-order valence-corrected chi connectivity index (χ4v) is 4.43. The highest BCUT2D eigenvalue weighted by Crippen LogP contribution is 2.18. The van der Waals surface area contributed by atoms with Gasteiger partial charge < -0.3 is 14.2 Å². The fourth-order valence-electron chi connectivity index (χ4n) is 3.55. The summed E-state index contributed by atoms with van der Waals surface area (Å²) in [5, 5.41) is 2.95. The Hall–Kier alpha value is -2.77. The number of hydrogen-bond acceptors (Lipinski definition) is 7. The average Bonchev–Trinajstić information content (AvgIpc) is 3.22. The zero-order valence-corrected chi connectivity index (χ0v) is 22.0. The first-order chi connectivity index (χ1) is 16.9. The van der Waals surface area contributed by atoms with E-state index in [4.69, 9.17) is 19.2 Å². The quantitative estimate of drug-likeness (QED) is 0.374. The molecule has 0 aliphatic carbocycles. The van der Waals surface area contributed by atoms with Crippen molar-refractivity contribution in [2.24, 2.45) is 0 Å². The van der Waals surface area contributed by atoms with Crippen molar-refractivity contribution in [1.29, 1.82) is 0 Å². The molecule has 0 aromatic carbocycles. The molecule has 2 heterocycles. The van der Waals surface area contributed by atoms with Gasteiger partial charge in [-0.3, -0.25) is 4.79 Å². The summed E-state index contributed by atoms with van der Waals surface area (Å²) >= 11 is 1.57. The minimum Gasteiger partial charge on any atom is -0.462 e. The van der Waals surface area contributed by atoms with Crippen LogP contribution in [0.3, 0.4) is 0 Å². The minimum absolute atomic E-state index is 0.172. The molecule has 0 saturated carbocycles. The van der Waals surface area contributed by atoms with E-state index < -0.39 is 12.1 Å². The first-order valence-electron chi connectivity index (χ1n) is 12.0. The van der Waals surface area contributed by atoms with Crippen molar-refractivity contribution >= 4 is 23.3 Å². The van der Waals surface area contributed by atoms with Crippen LogP contribution >= 0.6 is 11.3 Å². The second-order valence-corrected chi connectivity index (χ2v) is 9.59. The van der Waals surface area contributed by atoms with Gasteiger partial charge in [0.05, 0.1) is 17.3 Å². The number of allylic oxidation sites excluding steroid dienone is 6. The third kappa shape index (κ3) is 12.5. The third-order valence-electron chi connectivity index (χ3n) is 5.18. The highest BCUT2D eigenvalue weighted by molar-refractivity contribution is 7.09. The molecule has 1 aromatic heterocycles. The molecule has 190 valence electrons. The summed E-state index contributed by atoms with van der Waals surface area (Å²) in [4.78, 5) is 29.3. The molecule has 1 aliphatic heterocycles. The van der Waals surface area contributed by atoms with Gasteiger partial charge in [-0.15, -0.1) is 11.3 Å². The first kappa shape index (κ1) is 28.5. The molecule has 7 heteroatoms. The second-order valence-electron chi connectivity index (χ2n) is 8.65. The van der Waals surface area contributed by atoms with Gasteiger partial charge in [0.2, 0.25) is 0 Å². The number of carbonyl (C=O) groups excluding carboxylic acids is 2. The number of hydrogen-bond donors (Lipinski definition) is 0. The van der Waals surface area contributed by atoms with E-state index in [2.05, 4.69) is 0 Å². The van der Waals surface area contributed by atoms with Crippen molar-refractivity contribution in [3.8, 4) is 0 Å². The van der Waals surface area contributed by atoms with Crippen LogP contribution in [-0.2, 0) is 36.6 Å². The Bertz CT molecular complexity index is 970. The monoisotopic (exact) mass is 499 g/mol. The summed E-state index contributed by atoms with van der Waals surface area (Å²) in [5.41, 5.74) is 3.00. The van der Waals surface area contributed by atoms with Crippen LogP contribution in [0.2, 0.25) is 0 Å². The number of aromatic nitrogens is 1. The molecule has 2 rings (SSSR count). The van der Waals surface area contributed by atoms with E-state index >= 15 is 0 Å². The lowest BCUT2D eigenvalue weighted by Gasteiger charge is -2.13. The number of carbonyl (C=O) groups is 2. The van der Waals surface area contributed by atoms with Crippen LogP contribution < -0.4 is 0 Å². The molecule has 0 unspecified atom stereocenters. The van der Waals surface area contributed by atoms with Gasteiger partial charge in [-0.1, -0.05) is 47.6 Å². The van der Waals surface area contributed by atoms with Crippen molar-refractivity contribution < 1.29 is 23.8 Å². The number of fused-ring (bicyclic) bond motifs is 2. The number of ether oxygens (including phenoxy) is 3. The number of aryl methyl sites for hydroxylation is 1. The van der Waals surface area contributed by atoms with E-state index in [1.54, 1.807) is 24.5 Å². The standard InChI is InChI=1S/C28H37NO5S/c1-21-12-10-15-28(31)34-25(18-22(2)11-6-5-9-16-32-4)19-26-29-24(20-35-26)13-7-8-14-27(30)33-23(3)17-21/h5-6,9-12,15,18,20,23,25H,7-8,13-14,16-17,19H2,1-4H3/b9-5+,11-6+,15-10-,21-12+,22-18+/t23-,25+/m0/s1. The van der Waals surface area contributed by atoms with Gasteiger partial charge in [0.25, 0.3) is 0 Å². The molecular weight excluding hydrogens is 462 g/mol. The molecule has 0 saturated heterocycles. The van der Waals surface area contributed by atoms with Crippen molar-refractivity contribution in [2.45, 2.75) is 71.5 Å².